The Bertz CT molecular complexity index is 189. The molecule has 2 aliphatic rings. The highest BCUT2D eigenvalue weighted by molar-refractivity contribution is 4.87. The standard InChI is InChI=1S/C12H24N2/c1-9-8-14(3)10(2)6-12(9)13-7-11-4-5-11/h9-13H,4-8H2,1-3H3/t9-,10+,12+/m1/s1. The normalized spacial score (nSPS) is 40.1. The fourth-order valence-corrected chi connectivity index (χ4v) is 2.47. The molecule has 0 aromatic heterocycles. The van der Waals surface area contributed by atoms with Crippen molar-refractivity contribution < 1.29 is 0 Å². The van der Waals surface area contributed by atoms with Gasteiger partial charge in [-0.25, -0.2) is 0 Å². The topological polar surface area (TPSA) is 15.3 Å². The van der Waals surface area contributed by atoms with Gasteiger partial charge in [0.25, 0.3) is 0 Å². The van der Waals surface area contributed by atoms with E-state index >= 15 is 0 Å². The molecule has 1 N–H and O–H groups in total. The molecule has 2 heteroatoms. The van der Waals surface area contributed by atoms with Crippen LogP contribution < -0.4 is 5.32 Å². The van der Waals surface area contributed by atoms with E-state index in [-0.39, 0.29) is 0 Å². The third-order valence-corrected chi connectivity index (χ3v) is 3.98. The van der Waals surface area contributed by atoms with E-state index in [0.717, 1.165) is 23.9 Å². The lowest BCUT2D eigenvalue weighted by molar-refractivity contribution is 0.121. The van der Waals surface area contributed by atoms with Crippen LogP contribution in [-0.2, 0) is 0 Å². The van der Waals surface area contributed by atoms with Crippen LogP contribution in [0.3, 0.4) is 0 Å². The van der Waals surface area contributed by atoms with Crippen LogP contribution in [-0.4, -0.2) is 37.1 Å². The van der Waals surface area contributed by atoms with Gasteiger partial charge in [-0.2, -0.15) is 0 Å². The average molecular weight is 196 g/mol. The van der Waals surface area contributed by atoms with E-state index in [9.17, 15) is 0 Å². The molecule has 14 heavy (non-hydrogen) atoms. The Morgan fingerprint density at radius 3 is 2.64 bits per heavy atom. The number of nitrogens with zero attached hydrogens (tertiary/aromatic N) is 1. The Kier molecular flexibility index (Phi) is 3.13. The Morgan fingerprint density at radius 1 is 1.29 bits per heavy atom. The van der Waals surface area contributed by atoms with Gasteiger partial charge in [0, 0.05) is 18.6 Å². The average Bonchev–Trinajstić information content (AvgIpc) is 2.92. The number of hydrogen-bond donors (Lipinski definition) is 1. The Hall–Kier alpha value is -0.0800. The fourth-order valence-electron chi connectivity index (χ4n) is 2.47. The van der Waals surface area contributed by atoms with Crippen molar-refractivity contribution in [2.45, 2.75) is 45.2 Å². The first kappa shape index (κ1) is 10.4. The minimum Gasteiger partial charge on any atom is -0.313 e. The quantitative estimate of drug-likeness (QED) is 0.739. The summed E-state index contributed by atoms with van der Waals surface area (Å²) in [5.41, 5.74) is 0. The van der Waals surface area contributed by atoms with Gasteiger partial charge < -0.3 is 10.2 Å². The first-order valence-corrected chi connectivity index (χ1v) is 6.10. The van der Waals surface area contributed by atoms with E-state index in [1.54, 1.807) is 0 Å². The Labute approximate surface area is 88.1 Å². The molecular formula is C12H24N2. The van der Waals surface area contributed by atoms with Gasteiger partial charge in [0.2, 0.25) is 0 Å². The van der Waals surface area contributed by atoms with E-state index in [2.05, 4.69) is 31.1 Å². The second-order valence-electron chi connectivity index (χ2n) is 5.46. The number of likely N-dealkylation sites (tertiary alicyclic amines) is 1. The number of hydrogen-bond acceptors (Lipinski definition) is 2. The zero-order chi connectivity index (χ0) is 10.1. The van der Waals surface area contributed by atoms with E-state index in [1.165, 1.54) is 32.4 Å². The van der Waals surface area contributed by atoms with Crippen molar-refractivity contribution in [1.29, 1.82) is 0 Å². The molecule has 2 nitrogen and oxygen atoms in total. The van der Waals surface area contributed by atoms with Gasteiger partial charge in [0.1, 0.15) is 0 Å². The molecule has 1 saturated heterocycles. The summed E-state index contributed by atoms with van der Waals surface area (Å²) in [6.45, 7) is 7.25. The molecule has 2 rings (SSSR count). The molecule has 3 atom stereocenters. The fraction of sp³-hybridized carbons (Fsp3) is 1.00. The SMILES string of the molecule is C[C@@H]1CN(C)[C@@H](C)C[C@@H]1NCC1CC1. The summed E-state index contributed by atoms with van der Waals surface area (Å²) in [7, 11) is 2.25. The van der Waals surface area contributed by atoms with Crippen LogP contribution in [0, 0.1) is 11.8 Å². The van der Waals surface area contributed by atoms with Crippen molar-refractivity contribution in [3.8, 4) is 0 Å². The molecule has 0 unspecified atom stereocenters. The van der Waals surface area contributed by atoms with Gasteiger partial charge in [0.05, 0.1) is 0 Å². The van der Waals surface area contributed by atoms with Crippen molar-refractivity contribution in [2.24, 2.45) is 11.8 Å². The third kappa shape index (κ3) is 2.48. The lowest BCUT2D eigenvalue weighted by Gasteiger charge is -2.40. The van der Waals surface area contributed by atoms with Crippen molar-refractivity contribution in [3.05, 3.63) is 0 Å². The van der Waals surface area contributed by atoms with Crippen LogP contribution in [0.5, 0.6) is 0 Å². The zero-order valence-electron chi connectivity index (χ0n) is 9.79. The number of rotatable bonds is 3. The van der Waals surface area contributed by atoms with Gasteiger partial charge in [-0.1, -0.05) is 6.92 Å². The summed E-state index contributed by atoms with van der Waals surface area (Å²) in [5, 5.41) is 3.76. The van der Waals surface area contributed by atoms with Crippen molar-refractivity contribution in [3.63, 3.8) is 0 Å². The lowest BCUT2D eigenvalue weighted by Crippen LogP contribution is -2.51. The van der Waals surface area contributed by atoms with Crippen LogP contribution in [0.15, 0.2) is 0 Å². The smallest absolute Gasteiger partial charge is 0.0120 e. The largest absolute Gasteiger partial charge is 0.313 e. The predicted molar refractivity (Wildman–Crippen MR) is 60.4 cm³/mol. The predicted octanol–water partition coefficient (Wildman–Crippen LogP) is 1.71. The van der Waals surface area contributed by atoms with Crippen molar-refractivity contribution >= 4 is 0 Å². The van der Waals surface area contributed by atoms with E-state index in [0.29, 0.717) is 0 Å². The van der Waals surface area contributed by atoms with Crippen LogP contribution in [0.2, 0.25) is 0 Å². The summed E-state index contributed by atoms with van der Waals surface area (Å²) in [4.78, 5) is 2.49. The van der Waals surface area contributed by atoms with Crippen LogP contribution in [0.1, 0.15) is 33.1 Å². The van der Waals surface area contributed by atoms with Gasteiger partial charge >= 0.3 is 0 Å². The van der Waals surface area contributed by atoms with E-state index in [1.807, 2.05) is 0 Å². The lowest BCUT2D eigenvalue weighted by atomic mass is 9.90. The Morgan fingerprint density at radius 2 is 2.00 bits per heavy atom. The molecule has 0 aromatic rings. The highest BCUT2D eigenvalue weighted by Gasteiger charge is 2.30. The van der Waals surface area contributed by atoms with Crippen molar-refractivity contribution in [2.75, 3.05) is 20.1 Å². The minimum atomic E-state index is 0.753. The molecule has 0 aromatic carbocycles. The number of piperidine rings is 1. The van der Waals surface area contributed by atoms with E-state index in [4.69, 9.17) is 0 Å². The molecule has 0 spiro atoms. The van der Waals surface area contributed by atoms with Crippen LogP contribution >= 0.6 is 0 Å². The third-order valence-electron chi connectivity index (χ3n) is 3.98. The first-order valence-electron chi connectivity index (χ1n) is 6.10. The van der Waals surface area contributed by atoms with Gasteiger partial charge in [-0.05, 0) is 51.6 Å². The molecular weight excluding hydrogens is 172 g/mol. The monoisotopic (exact) mass is 196 g/mol. The maximum atomic E-state index is 3.76. The van der Waals surface area contributed by atoms with Gasteiger partial charge in [-0.3, -0.25) is 0 Å². The van der Waals surface area contributed by atoms with Gasteiger partial charge in [0.15, 0.2) is 0 Å². The molecule has 1 aliphatic heterocycles. The molecule has 2 fully saturated rings. The maximum Gasteiger partial charge on any atom is 0.0120 e. The summed E-state index contributed by atoms with van der Waals surface area (Å²) < 4.78 is 0. The number of nitrogens with one attached hydrogen (secondary N) is 1. The van der Waals surface area contributed by atoms with E-state index < -0.39 is 0 Å². The summed E-state index contributed by atoms with van der Waals surface area (Å²) in [5.74, 6) is 1.83. The van der Waals surface area contributed by atoms with Crippen LogP contribution in [0.25, 0.3) is 0 Å². The van der Waals surface area contributed by atoms with Crippen LogP contribution in [0.4, 0.5) is 0 Å². The second-order valence-corrected chi connectivity index (χ2v) is 5.46. The zero-order valence-corrected chi connectivity index (χ0v) is 9.79. The molecule has 0 radical (unpaired) electrons. The molecule has 1 aliphatic carbocycles. The molecule has 0 bridgehead atoms. The van der Waals surface area contributed by atoms with Crippen molar-refractivity contribution in [1.82, 2.24) is 10.2 Å². The van der Waals surface area contributed by atoms with Gasteiger partial charge in [-0.15, -0.1) is 0 Å². The summed E-state index contributed by atoms with van der Waals surface area (Å²) in [6, 6.07) is 1.52. The maximum absolute atomic E-state index is 3.76. The minimum absolute atomic E-state index is 0.753. The molecule has 82 valence electrons. The Balaban J connectivity index is 1.78. The molecule has 1 saturated carbocycles. The molecule has 1 heterocycles. The molecule has 0 amide bonds. The summed E-state index contributed by atoms with van der Waals surface area (Å²) in [6.07, 6.45) is 4.25. The highest BCUT2D eigenvalue weighted by Crippen LogP contribution is 2.29. The summed E-state index contributed by atoms with van der Waals surface area (Å²) >= 11 is 0. The second kappa shape index (κ2) is 4.19. The highest BCUT2D eigenvalue weighted by atomic mass is 15.2. The first-order chi connectivity index (χ1) is 6.66.